The van der Waals surface area contributed by atoms with E-state index in [0.29, 0.717) is 6.42 Å². The summed E-state index contributed by atoms with van der Waals surface area (Å²) in [5, 5.41) is 9.18. The van der Waals surface area contributed by atoms with Crippen LogP contribution < -0.4 is 5.73 Å². The van der Waals surface area contributed by atoms with Crippen molar-refractivity contribution in [2.24, 2.45) is 5.73 Å². The van der Waals surface area contributed by atoms with Crippen LogP contribution >= 0.6 is 12.4 Å². The van der Waals surface area contributed by atoms with Gasteiger partial charge < -0.3 is 10.8 Å². The average molecular weight is 276 g/mol. The smallest absolute Gasteiger partial charge is 0.324 e. The van der Waals surface area contributed by atoms with Gasteiger partial charge >= 0.3 is 5.97 Å². The normalized spacial score (nSPS) is 13.5. The number of hydrogen-bond donors (Lipinski definition) is 2. The van der Waals surface area contributed by atoms with Crippen LogP contribution in [-0.4, -0.2) is 16.6 Å². The first-order valence-corrected chi connectivity index (χ1v) is 5.74. The van der Waals surface area contributed by atoms with Crippen LogP contribution in [0.2, 0.25) is 0 Å². The van der Waals surface area contributed by atoms with Gasteiger partial charge in [-0.25, -0.2) is 4.39 Å². The molecular weight excluding hydrogens is 257 g/mol. The van der Waals surface area contributed by atoms with Gasteiger partial charge in [0, 0.05) is 6.42 Å². The fraction of sp³-hybridized carbons (Fsp3) is 0.462. The first-order valence-electron chi connectivity index (χ1n) is 5.74. The zero-order valence-electron chi connectivity index (χ0n) is 10.4. The van der Waals surface area contributed by atoms with Gasteiger partial charge in [0.25, 0.3) is 0 Å². The third-order valence-electron chi connectivity index (χ3n) is 2.84. The Hall–Kier alpha value is -1.13. The molecule has 3 nitrogen and oxygen atoms in total. The van der Waals surface area contributed by atoms with Crippen molar-refractivity contribution in [1.82, 2.24) is 0 Å². The zero-order valence-corrected chi connectivity index (χ0v) is 11.2. The standard InChI is InChI=1S/C13H18FNO2.ClH/c1-2-3-8-13(15,12(16)17)9-10-4-6-11(14)7-5-10;/h4-7H,2-3,8-9,15H2,1H3,(H,16,17);1H/t13-;/m1./s1. The highest BCUT2D eigenvalue weighted by Gasteiger charge is 2.33. The van der Waals surface area contributed by atoms with E-state index in [4.69, 9.17) is 5.73 Å². The molecule has 0 amide bonds. The Labute approximate surface area is 113 Å². The highest BCUT2D eigenvalue weighted by molar-refractivity contribution is 5.85. The molecule has 0 bridgehead atoms. The van der Waals surface area contributed by atoms with E-state index in [2.05, 4.69) is 0 Å². The van der Waals surface area contributed by atoms with Gasteiger partial charge in [0.15, 0.2) is 0 Å². The predicted octanol–water partition coefficient (Wildman–Crippen LogP) is 2.76. The van der Waals surface area contributed by atoms with E-state index in [9.17, 15) is 14.3 Å². The van der Waals surface area contributed by atoms with Gasteiger partial charge in [-0.1, -0.05) is 31.9 Å². The third-order valence-corrected chi connectivity index (χ3v) is 2.84. The predicted molar refractivity (Wildman–Crippen MR) is 71.4 cm³/mol. The van der Waals surface area contributed by atoms with Gasteiger partial charge in [-0.15, -0.1) is 12.4 Å². The summed E-state index contributed by atoms with van der Waals surface area (Å²) in [6.07, 6.45) is 2.32. The molecule has 1 atom stereocenters. The summed E-state index contributed by atoms with van der Waals surface area (Å²) in [6.45, 7) is 1.99. The van der Waals surface area contributed by atoms with Gasteiger partial charge in [-0.05, 0) is 24.1 Å². The molecule has 0 radical (unpaired) electrons. The minimum absolute atomic E-state index is 0. The molecule has 0 aliphatic carbocycles. The molecule has 3 N–H and O–H groups in total. The Bertz CT molecular complexity index is 383. The monoisotopic (exact) mass is 275 g/mol. The van der Waals surface area contributed by atoms with E-state index >= 15 is 0 Å². The molecule has 0 saturated heterocycles. The van der Waals surface area contributed by atoms with Crippen LogP contribution in [0, 0.1) is 5.82 Å². The van der Waals surface area contributed by atoms with Crippen LogP contribution in [0.1, 0.15) is 31.7 Å². The summed E-state index contributed by atoms with van der Waals surface area (Å²) >= 11 is 0. The number of carboxylic acids is 1. The van der Waals surface area contributed by atoms with E-state index in [-0.39, 0.29) is 24.6 Å². The summed E-state index contributed by atoms with van der Waals surface area (Å²) in [6, 6.07) is 5.78. The van der Waals surface area contributed by atoms with E-state index in [1.165, 1.54) is 12.1 Å². The molecule has 102 valence electrons. The molecule has 1 aromatic rings. The quantitative estimate of drug-likeness (QED) is 0.839. The van der Waals surface area contributed by atoms with Crippen LogP contribution in [0.25, 0.3) is 0 Å². The highest BCUT2D eigenvalue weighted by Crippen LogP contribution is 2.18. The van der Waals surface area contributed by atoms with E-state index in [1.54, 1.807) is 12.1 Å². The van der Waals surface area contributed by atoms with Crippen molar-refractivity contribution in [3.63, 3.8) is 0 Å². The van der Waals surface area contributed by atoms with Crippen LogP contribution in [0.3, 0.4) is 0 Å². The highest BCUT2D eigenvalue weighted by atomic mass is 35.5. The topological polar surface area (TPSA) is 63.3 Å². The number of hydrogen-bond acceptors (Lipinski definition) is 2. The third kappa shape index (κ3) is 4.63. The van der Waals surface area contributed by atoms with Crippen LogP contribution in [-0.2, 0) is 11.2 Å². The Morgan fingerprint density at radius 1 is 1.39 bits per heavy atom. The van der Waals surface area contributed by atoms with E-state index in [0.717, 1.165) is 18.4 Å². The molecule has 0 aliphatic rings. The van der Waals surface area contributed by atoms with Gasteiger partial charge in [0.1, 0.15) is 11.4 Å². The van der Waals surface area contributed by atoms with Gasteiger partial charge in [0.2, 0.25) is 0 Å². The number of nitrogens with two attached hydrogens (primary N) is 1. The molecule has 0 aromatic heterocycles. The van der Waals surface area contributed by atoms with Gasteiger partial charge in [-0.3, -0.25) is 4.79 Å². The lowest BCUT2D eigenvalue weighted by Gasteiger charge is -2.24. The maximum atomic E-state index is 12.7. The minimum atomic E-state index is -1.26. The van der Waals surface area contributed by atoms with E-state index in [1.807, 2.05) is 6.92 Å². The molecule has 1 aromatic carbocycles. The Morgan fingerprint density at radius 3 is 2.39 bits per heavy atom. The molecule has 0 fully saturated rings. The van der Waals surface area contributed by atoms with Crippen molar-refractivity contribution < 1.29 is 14.3 Å². The van der Waals surface area contributed by atoms with Crippen molar-refractivity contribution in [2.45, 2.75) is 38.1 Å². The zero-order chi connectivity index (χ0) is 12.9. The Kier molecular flexibility index (Phi) is 6.88. The van der Waals surface area contributed by atoms with Gasteiger partial charge in [0.05, 0.1) is 0 Å². The number of unbranched alkanes of at least 4 members (excludes halogenated alkanes) is 1. The molecular formula is C13H19ClFNO2. The fourth-order valence-electron chi connectivity index (χ4n) is 1.73. The molecule has 0 spiro atoms. The number of carboxylic acid groups (broad SMARTS) is 1. The van der Waals surface area contributed by atoms with Crippen molar-refractivity contribution >= 4 is 18.4 Å². The Morgan fingerprint density at radius 2 is 1.94 bits per heavy atom. The van der Waals surface area contributed by atoms with Gasteiger partial charge in [-0.2, -0.15) is 0 Å². The van der Waals surface area contributed by atoms with Crippen molar-refractivity contribution in [3.05, 3.63) is 35.6 Å². The van der Waals surface area contributed by atoms with Crippen molar-refractivity contribution in [3.8, 4) is 0 Å². The van der Waals surface area contributed by atoms with Crippen molar-refractivity contribution in [1.29, 1.82) is 0 Å². The largest absolute Gasteiger partial charge is 0.480 e. The average Bonchev–Trinajstić information content (AvgIpc) is 2.29. The first kappa shape index (κ1) is 16.9. The molecule has 18 heavy (non-hydrogen) atoms. The minimum Gasteiger partial charge on any atom is -0.480 e. The summed E-state index contributed by atoms with van der Waals surface area (Å²) in [7, 11) is 0. The molecule has 1 rings (SSSR count). The summed E-state index contributed by atoms with van der Waals surface area (Å²) < 4.78 is 12.7. The lowest BCUT2D eigenvalue weighted by Crippen LogP contribution is -2.49. The molecule has 0 unspecified atom stereocenters. The van der Waals surface area contributed by atoms with Crippen molar-refractivity contribution in [2.75, 3.05) is 0 Å². The van der Waals surface area contributed by atoms with Crippen LogP contribution in [0.5, 0.6) is 0 Å². The number of rotatable bonds is 6. The first-order chi connectivity index (χ1) is 7.98. The van der Waals surface area contributed by atoms with E-state index < -0.39 is 11.5 Å². The second kappa shape index (κ2) is 7.34. The summed E-state index contributed by atoms with van der Waals surface area (Å²) in [5.41, 5.74) is 5.39. The number of carbonyl (C=O) groups is 1. The maximum absolute atomic E-state index is 12.7. The second-order valence-electron chi connectivity index (χ2n) is 4.37. The molecule has 0 heterocycles. The number of benzene rings is 1. The lowest BCUT2D eigenvalue weighted by atomic mass is 9.87. The maximum Gasteiger partial charge on any atom is 0.324 e. The SMILES string of the molecule is CCCC[C@@](N)(Cc1ccc(F)cc1)C(=O)O.Cl. The second-order valence-corrected chi connectivity index (χ2v) is 4.37. The summed E-state index contributed by atoms with van der Waals surface area (Å²) in [5.74, 6) is -1.34. The molecule has 5 heteroatoms. The lowest BCUT2D eigenvalue weighted by molar-refractivity contribution is -0.143. The van der Waals surface area contributed by atoms with Crippen LogP contribution in [0.15, 0.2) is 24.3 Å². The molecule has 0 saturated carbocycles. The fourth-order valence-corrected chi connectivity index (χ4v) is 1.73. The number of halogens is 2. The molecule has 0 aliphatic heterocycles. The Balaban J connectivity index is 0.00000289. The van der Waals surface area contributed by atoms with Crippen LogP contribution in [0.4, 0.5) is 4.39 Å². The number of aliphatic carboxylic acids is 1. The summed E-state index contributed by atoms with van der Waals surface area (Å²) in [4.78, 5) is 11.2.